The summed E-state index contributed by atoms with van der Waals surface area (Å²) in [6.45, 7) is 6.75. The lowest BCUT2D eigenvalue weighted by molar-refractivity contribution is -0.200. The van der Waals surface area contributed by atoms with E-state index in [1.165, 1.54) is 55.7 Å². The second kappa shape index (κ2) is 13.7. The van der Waals surface area contributed by atoms with Crippen molar-refractivity contribution in [2.45, 2.75) is 109 Å². The molecule has 0 aromatic heterocycles. The number of hydrogen-bond acceptors (Lipinski definition) is 6. The number of nitrogens with one attached hydrogen (secondary N) is 1. The summed E-state index contributed by atoms with van der Waals surface area (Å²) in [6, 6.07) is 15.0. The van der Waals surface area contributed by atoms with Crippen molar-refractivity contribution < 1.29 is 28.6 Å². The lowest BCUT2D eigenvalue weighted by Crippen LogP contribution is -2.48. The third-order valence-corrected chi connectivity index (χ3v) is 9.90. The minimum atomic E-state index is -0.511. The Hall–Kier alpha value is -3.16. The maximum atomic E-state index is 12.4. The van der Waals surface area contributed by atoms with E-state index in [0.29, 0.717) is 26.1 Å². The van der Waals surface area contributed by atoms with Gasteiger partial charge in [0.1, 0.15) is 11.4 Å². The zero-order valence-electron chi connectivity index (χ0n) is 27.1. The van der Waals surface area contributed by atoms with Crippen molar-refractivity contribution in [1.82, 2.24) is 5.48 Å². The molecule has 1 atom stereocenters. The molecule has 1 heterocycles. The van der Waals surface area contributed by atoms with Crippen molar-refractivity contribution in [3.8, 4) is 16.9 Å². The first-order chi connectivity index (χ1) is 21.6. The Labute approximate surface area is 268 Å². The van der Waals surface area contributed by atoms with Gasteiger partial charge in [-0.25, -0.2) is 15.1 Å². The summed E-state index contributed by atoms with van der Waals surface area (Å²) in [4.78, 5) is 29.9. The summed E-state index contributed by atoms with van der Waals surface area (Å²) in [5.41, 5.74) is 6.82. The van der Waals surface area contributed by atoms with Gasteiger partial charge in [0, 0.05) is 31.1 Å². The second-order valence-electron chi connectivity index (χ2n) is 14.8. The van der Waals surface area contributed by atoms with Crippen molar-refractivity contribution in [3.05, 3.63) is 59.7 Å². The summed E-state index contributed by atoms with van der Waals surface area (Å²) in [6.07, 6.45) is 14.7. The molecule has 7 heteroatoms. The molecule has 2 aromatic rings. The quantitative estimate of drug-likeness (QED) is 0.120. The van der Waals surface area contributed by atoms with E-state index in [-0.39, 0.29) is 23.6 Å². The van der Waals surface area contributed by atoms with Crippen LogP contribution in [0.5, 0.6) is 5.75 Å². The molecule has 0 radical (unpaired) electrons. The highest BCUT2D eigenvalue weighted by Crippen LogP contribution is 2.62. The maximum absolute atomic E-state index is 12.4. The van der Waals surface area contributed by atoms with Crippen molar-refractivity contribution >= 4 is 18.0 Å². The molecule has 1 unspecified atom stereocenters. The monoisotopic (exact) mass is 615 g/mol. The van der Waals surface area contributed by atoms with E-state index in [1.54, 1.807) is 6.08 Å². The average Bonchev–Trinajstić information content (AvgIpc) is 3.00. The predicted molar refractivity (Wildman–Crippen MR) is 174 cm³/mol. The molecule has 45 heavy (non-hydrogen) atoms. The van der Waals surface area contributed by atoms with Crippen LogP contribution in [0.3, 0.4) is 0 Å². The molecule has 7 nitrogen and oxygen atoms in total. The Bertz CT molecular complexity index is 1330. The molecule has 1 amide bonds. The highest BCUT2D eigenvalue weighted by molar-refractivity contribution is 5.87. The van der Waals surface area contributed by atoms with Crippen LogP contribution in [-0.4, -0.2) is 37.0 Å². The molecular formula is C38H49NO6. The number of carbonyl (C=O) groups excluding carboxylic acids is 2. The Morgan fingerprint density at radius 3 is 2.29 bits per heavy atom. The van der Waals surface area contributed by atoms with E-state index in [2.05, 4.69) is 35.8 Å². The van der Waals surface area contributed by atoms with Crippen LogP contribution in [0.15, 0.2) is 48.5 Å². The number of amides is 1. The number of carbonyl (C=O) groups is 2. The molecule has 4 bridgehead atoms. The number of ether oxygens (including phenoxy) is 3. The molecule has 2 aromatic carbocycles. The number of benzene rings is 2. The smallest absolute Gasteiger partial charge is 0.331 e. The number of rotatable bonds is 11. The molecule has 1 saturated heterocycles. The molecule has 5 aliphatic rings. The molecule has 1 aliphatic heterocycles. The lowest BCUT2D eigenvalue weighted by atomic mass is 9.48. The van der Waals surface area contributed by atoms with Gasteiger partial charge in [-0.3, -0.25) is 4.79 Å². The van der Waals surface area contributed by atoms with Gasteiger partial charge in [0.25, 0.3) is 0 Å². The molecule has 7 rings (SSSR count). The molecule has 0 spiro atoms. The zero-order valence-corrected chi connectivity index (χ0v) is 27.1. The molecular weight excluding hydrogens is 566 g/mol. The van der Waals surface area contributed by atoms with Gasteiger partial charge in [-0.1, -0.05) is 30.3 Å². The summed E-state index contributed by atoms with van der Waals surface area (Å²) in [5.74, 6) is 2.94. The van der Waals surface area contributed by atoms with Crippen LogP contribution in [0.25, 0.3) is 17.2 Å². The van der Waals surface area contributed by atoms with Crippen LogP contribution in [0.2, 0.25) is 0 Å². The lowest BCUT2D eigenvalue weighted by Gasteiger charge is -2.57. The highest BCUT2D eigenvalue weighted by Gasteiger charge is 2.52. The first kappa shape index (κ1) is 31.8. The molecule has 4 saturated carbocycles. The number of esters is 1. The Morgan fingerprint density at radius 2 is 1.64 bits per heavy atom. The first-order valence-electron chi connectivity index (χ1n) is 17.0. The van der Waals surface area contributed by atoms with Gasteiger partial charge in [-0.15, -0.1) is 0 Å². The normalized spacial score (nSPS) is 27.4. The third-order valence-electron chi connectivity index (χ3n) is 9.90. The van der Waals surface area contributed by atoms with Crippen LogP contribution in [0, 0.1) is 17.8 Å². The minimum Gasteiger partial charge on any atom is -0.493 e. The van der Waals surface area contributed by atoms with Crippen LogP contribution >= 0.6 is 0 Å². The van der Waals surface area contributed by atoms with Crippen molar-refractivity contribution in [2.75, 3.05) is 13.2 Å². The number of hydrogen-bond donors (Lipinski definition) is 1. The standard InChI is InChI=1S/C38H49NO6/c1-37(2,3)44-35(41)16-11-26-9-12-30(13-10-26)31-14-15-33(42-18-6-7-34(40)39-45-36-8-4-5-17-43-36)32(22-31)38-23-27-19-28(24-38)21-29(20-27)25-38/h9-16,22,27-29,36H,4-8,17-21,23-25H2,1-3H3,(H,39,40). The van der Waals surface area contributed by atoms with E-state index in [1.807, 2.05) is 32.9 Å². The van der Waals surface area contributed by atoms with Crippen molar-refractivity contribution in [3.63, 3.8) is 0 Å². The molecule has 5 fully saturated rings. The maximum Gasteiger partial charge on any atom is 0.331 e. The fourth-order valence-electron chi connectivity index (χ4n) is 8.38. The molecule has 1 N–H and O–H groups in total. The van der Waals surface area contributed by atoms with Crippen LogP contribution in [0.1, 0.15) is 103 Å². The predicted octanol–water partition coefficient (Wildman–Crippen LogP) is 7.91. The van der Waals surface area contributed by atoms with Crippen molar-refractivity contribution in [1.29, 1.82) is 0 Å². The molecule has 242 valence electrons. The van der Waals surface area contributed by atoms with Crippen LogP contribution < -0.4 is 10.2 Å². The summed E-state index contributed by atoms with van der Waals surface area (Å²) in [7, 11) is 0. The largest absolute Gasteiger partial charge is 0.493 e. The van der Waals surface area contributed by atoms with E-state index in [4.69, 9.17) is 19.0 Å². The molecule has 4 aliphatic carbocycles. The van der Waals surface area contributed by atoms with E-state index < -0.39 is 5.60 Å². The summed E-state index contributed by atoms with van der Waals surface area (Å²) < 4.78 is 17.4. The second-order valence-corrected chi connectivity index (χ2v) is 14.8. The van der Waals surface area contributed by atoms with Crippen LogP contribution in [0.4, 0.5) is 0 Å². The summed E-state index contributed by atoms with van der Waals surface area (Å²) >= 11 is 0. The van der Waals surface area contributed by atoms with E-state index >= 15 is 0 Å². The van der Waals surface area contributed by atoms with Crippen molar-refractivity contribution in [2.24, 2.45) is 17.8 Å². The van der Waals surface area contributed by atoms with E-state index in [9.17, 15) is 9.59 Å². The van der Waals surface area contributed by atoms with E-state index in [0.717, 1.165) is 53.9 Å². The van der Waals surface area contributed by atoms with Gasteiger partial charge < -0.3 is 14.2 Å². The zero-order chi connectivity index (χ0) is 31.4. The Balaban J connectivity index is 1.14. The minimum absolute atomic E-state index is 0.145. The topological polar surface area (TPSA) is 83.1 Å². The van der Waals surface area contributed by atoms with Gasteiger partial charge in [-0.05, 0) is 137 Å². The van der Waals surface area contributed by atoms with Gasteiger partial charge in [-0.2, -0.15) is 0 Å². The first-order valence-corrected chi connectivity index (χ1v) is 17.0. The van der Waals surface area contributed by atoms with Gasteiger partial charge >= 0.3 is 5.97 Å². The fraction of sp³-hybridized carbons (Fsp3) is 0.579. The number of hydroxylamine groups is 1. The van der Waals surface area contributed by atoms with Gasteiger partial charge in [0.15, 0.2) is 6.29 Å². The Kier molecular flexibility index (Phi) is 9.67. The van der Waals surface area contributed by atoms with Gasteiger partial charge in [0.05, 0.1) is 6.61 Å². The van der Waals surface area contributed by atoms with Crippen LogP contribution in [-0.2, 0) is 29.3 Å². The third kappa shape index (κ3) is 8.17. The van der Waals surface area contributed by atoms with Gasteiger partial charge in [0.2, 0.25) is 5.91 Å². The Morgan fingerprint density at radius 1 is 0.956 bits per heavy atom. The average molecular weight is 616 g/mol. The highest BCUT2D eigenvalue weighted by atomic mass is 16.8. The summed E-state index contributed by atoms with van der Waals surface area (Å²) in [5, 5.41) is 0. The SMILES string of the molecule is CC(C)(C)OC(=O)C=Cc1ccc(-c2ccc(OCCCC(=O)NOC3CCCCO3)c(C34CC5CC(CC(C5)C3)C4)c2)cc1. The fourth-order valence-corrected chi connectivity index (χ4v) is 8.38.